The van der Waals surface area contributed by atoms with E-state index in [1.807, 2.05) is 25.1 Å². The summed E-state index contributed by atoms with van der Waals surface area (Å²) in [5, 5.41) is 12.4. The van der Waals surface area contributed by atoms with E-state index in [2.05, 4.69) is 5.16 Å². The van der Waals surface area contributed by atoms with E-state index in [0.29, 0.717) is 5.76 Å². The first kappa shape index (κ1) is 11.8. The summed E-state index contributed by atoms with van der Waals surface area (Å²) in [7, 11) is 0. The molecule has 5 nitrogen and oxygen atoms in total. The zero-order valence-corrected chi connectivity index (χ0v) is 10.4. The molecule has 1 aromatic heterocycles. The molecule has 0 amide bonds. The maximum Gasteiger partial charge on any atom is 0.358 e. The molecule has 1 N–H and O–H groups in total. The lowest BCUT2D eigenvalue weighted by atomic mass is 9.98. The van der Waals surface area contributed by atoms with Crippen LogP contribution in [-0.2, 0) is 6.42 Å². The van der Waals surface area contributed by atoms with Crippen molar-refractivity contribution in [3.8, 4) is 17.1 Å². The third-order valence-corrected chi connectivity index (χ3v) is 3.23. The maximum atomic E-state index is 10.8. The van der Waals surface area contributed by atoms with E-state index in [9.17, 15) is 4.79 Å². The van der Waals surface area contributed by atoms with Crippen molar-refractivity contribution in [2.24, 2.45) is 0 Å². The molecule has 0 aliphatic carbocycles. The molecule has 0 spiro atoms. The fourth-order valence-electron chi connectivity index (χ4n) is 2.24. The van der Waals surface area contributed by atoms with Gasteiger partial charge in [-0.2, -0.15) is 0 Å². The van der Waals surface area contributed by atoms with Crippen LogP contribution in [0.3, 0.4) is 0 Å². The second kappa shape index (κ2) is 4.42. The lowest BCUT2D eigenvalue weighted by molar-refractivity contribution is 0.0686. The van der Waals surface area contributed by atoms with Gasteiger partial charge in [0.1, 0.15) is 5.75 Å². The van der Waals surface area contributed by atoms with Crippen LogP contribution in [0.2, 0.25) is 0 Å². The topological polar surface area (TPSA) is 72.6 Å². The van der Waals surface area contributed by atoms with Crippen LogP contribution in [0.25, 0.3) is 11.3 Å². The summed E-state index contributed by atoms with van der Waals surface area (Å²) >= 11 is 0. The molecule has 1 atom stereocenters. The number of para-hydroxylation sites is 1. The van der Waals surface area contributed by atoms with Gasteiger partial charge in [0.15, 0.2) is 11.5 Å². The molecule has 0 saturated carbocycles. The van der Waals surface area contributed by atoms with E-state index in [1.165, 1.54) is 6.07 Å². The summed E-state index contributed by atoms with van der Waals surface area (Å²) in [5.74, 6) is 0.0896. The molecule has 19 heavy (non-hydrogen) atoms. The van der Waals surface area contributed by atoms with Crippen LogP contribution >= 0.6 is 0 Å². The second-order valence-corrected chi connectivity index (χ2v) is 4.64. The SMILES string of the molecule is CC1CCc2cccc(-c3cc(C(=O)O)no3)c2O1. The standard InChI is InChI=1S/C14H13NO4/c1-8-5-6-9-3-2-4-10(13(9)18-8)12-7-11(14(16)17)15-19-12/h2-4,7-8H,5-6H2,1H3,(H,16,17). The summed E-state index contributed by atoms with van der Waals surface area (Å²) in [6.45, 7) is 2.02. The minimum atomic E-state index is -1.10. The average Bonchev–Trinajstić information content (AvgIpc) is 2.87. The van der Waals surface area contributed by atoms with Gasteiger partial charge in [0.05, 0.1) is 11.7 Å². The van der Waals surface area contributed by atoms with Gasteiger partial charge < -0.3 is 14.4 Å². The highest BCUT2D eigenvalue weighted by Crippen LogP contribution is 2.37. The first-order valence-corrected chi connectivity index (χ1v) is 6.14. The molecule has 0 saturated heterocycles. The average molecular weight is 259 g/mol. The smallest absolute Gasteiger partial charge is 0.358 e. The van der Waals surface area contributed by atoms with Crippen LogP contribution in [0.1, 0.15) is 29.4 Å². The Hall–Kier alpha value is -2.30. The van der Waals surface area contributed by atoms with Crippen molar-refractivity contribution in [2.75, 3.05) is 0 Å². The van der Waals surface area contributed by atoms with E-state index >= 15 is 0 Å². The molecule has 1 aliphatic heterocycles. The number of carboxylic acid groups (broad SMARTS) is 1. The van der Waals surface area contributed by atoms with Gasteiger partial charge in [-0.1, -0.05) is 17.3 Å². The second-order valence-electron chi connectivity index (χ2n) is 4.64. The highest BCUT2D eigenvalue weighted by Gasteiger charge is 2.22. The zero-order valence-electron chi connectivity index (χ0n) is 10.4. The number of fused-ring (bicyclic) bond motifs is 1. The Kier molecular flexibility index (Phi) is 2.74. The van der Waals surface area contributed by atoms with Crippen molar-refractivity contribution in [3.63, 3.8) is 0 Å². The minimum absolute atomic E-state index is 0.100. The molecule has 0 bridgehead atoms. The predicted octanol–water partition coefficient (Wildman–Crippen LogP) is 2.75. The Morgan fingerprint density at radius 2 is 2.32 bits per heavy atom. The van der Waals surface area contributed by atoms with Crippen LogP contribution in [0.5, 0.6) is 5.75 Å². The van der Waals surface area contributed by atoms with Gasteiger partial charge in [0.2, 0.25) is 0 Å². The molecule has 98 valence electrons. The number of aryl methyl sites for hydroxylation is 1. The molecule has 0 radical (unpaired) electrons. The molecule has 1 unspecified atom stereocenters. The third-order valence-electron chi connectivity index (χ3n) is 3.23. The van der Waals surface area contributed by atoms with Crippen molar-refractivity contribution in [1.29, 1.82) is 0 Å². The highest BCUT2D eigenvalue weighted by molar-refractivity contribution is 5.86. The lowest BCUT2D eigenvalue weighted by Gasteiger charge is -2.24. The fraction of sp³-hybridized carbons (Fsp3) is 0.286. The number of aromatic carboxylic acids is 1. The van der Waals surface area contributed by atoms with Crippen molar-refractivity contribution < 1.29 is 19.2 Å². The van der Waals surface area contributed by atoms with Crippen molar-refractivity contribution >= 4 is 5.97 Å². The van der Waals surface area contributed by atoms with E-state index in [1.54, 1.807) is 0 Å². The molecule has 5 heteroatoms. The normalized spacial score (nSPS) is 17.6. The Labute approximate surface area is 109 Å². The third kappa shape index (κ3) is 2.07. The van der Waals surface area contributed by atoms with Gasteiger partial charge in [-0.15, -0.1) is 0 Å². The monoisotopic (exact) mass is 259 g/mol. The number of rotatable bonds is 2. The summed E-state index contributed by atoms with van der Waals surface area (Å²) in [6.07, 6.45) is 2.08. The molecular formula is C14H13NO4. The molecule has 1 aliphatic rings. The van der Waals surface area contributed by atoms with E-state index in [4.69, 9.17) is 14.4 Å². The van der Waals surface area contributed by atoms with Crippen molar-refractivity contribution in [2.45, 2.75) is 25.9 Å². The highest BCUT2D eigenvalue weighted by atomic mass is 16.5. The summed E-state index contributed by atoms with van der Waals surface area (Å²) < 4.78 is 11.0. The van der Waals surface area contributed by atoms with Crippen LogP contribution in [0, 0.1) is 0 Å². The Balaban J connectivity index is 2.07. The Morgan fingerprint density at radius 3 is 3.05 bits per heavy atom. The van der Waals surface area contributed by atoms with Gasteiger partial charge in [-0.05, 0) is 31.4 Å². The van der Waals surface area contributed by atoms with Gasteiger partial charge in [0, 0.05) is 6.07 Å². The number of carbonyl (C=O) groups is 1. The molecule has 3 rings (SSSR count). The maximum absolute atomic E-state index is 10.8. The number of ether oxygens (including phenoxy) is 1. The minimum Gasteiger partial charge on any atom is -0.490 e. The van der Waals surface area contributed by atoms with Gasteiger partial charge in [0.25, 0.3) is 0 Å². The lowest BCUT2D eigenvalue weighted by Crippen LogP contribution is -2.19. The summed E-state index contributed by atoms with van der Waals surface area (Å²) in [5.41, 5.74) is 1.77. The number of nitrogens with zero attached hydrogens (tertiary/aromatic N) is 1. The van der Waals surface area contributed by atoms with Gasteiger partial charge in [-0.3, -0.25) is 0 Å². The predicted molar refractivity (Wildman–Crippen MR) is 67.3 cm³/mol. The Morgan fingerprint density at radius 1 is 1.47 bits per heavy atom. The molecule has 0 fully saturated rings. The number of benzene rings is 1. The molecule has 2 heterocycles. The number of hydrogen-bond acceptors (Lipinski definition) is 4. The Bertz CT molecular complexity index is 632. The number of carboxylic acids is 1. The first-order chi connectivity index (χ1) is 9.15. The van der Waals surface area contributed by atoms with E-state index in [0.717, 1.165) is 29.7 Å². The fourth-order valence-corrected chi connectivity index (χ4v) is 2.24. The molecular weight excluding hydrogens is 246 g/mol. The van der Waals surface area contributed by atoms with E-state index in [-0.39, 0.29) is 11.8 Å². The van der Waals surface area contributed by atoms with Gasteiger partial charge >= 0.3 is 5.97 Å². The molecule has 1 aromatic carbocycles. The molecule has 2 aromatic rings. The van der Waals surface area contributed by atoms with Gasteiger partial charge in [-0.25, -0.2) is 4.79 Å². The van der Waals surface area contributed by atoms with Crippen LogP contribution in [-0.4, -0.2) is 22.3 Å². The van der Waals surface area contributed by atoms with E-state index < -0.39 is 5.97 Å². The van der Waals surface area contributed by atoms with Crippen LogP contribution in [0.15, 0.2) is 28.8 Å². The van der Waals surface area contributed by atoms with Crippen LogP contribution < -0.4 is 4.74 Å². The van der Waals surface area contributed by atoms with Crippen molar-refractivity contribution in [3.05, 3.63) is 35.5 Å². The number of hydrogen-bond donors (Lipinski definition) is 1. The van der Waals surface area contributed by atoms with Crippen molar-refractivity contribution in [1.82, 2.24) is 5.16 Å². The summed E-state index contributed by atoms with van der Waals surface area (Å²) in [6, 6.07) is 7.19. The summed E-state index contributed by atoms with van der Waals surface area (Å²) in [4.78, 5) is 10.8. The van der Waals surface area contributed by atoms with Crippen LogP contribution in [0.4, 0.5) is 0 Å². The quantitative estimate of drug-likeness (QED) is 0.897. The zero-order chi connectivity index (χ0) is 13.4. The number of aromatic nitrogens is 1. The first-order valence-electron chi connectivity index (χ1n) is 6.14. The largest absolute Gasteiger partial charge is 0.490 e.